The summed E-state index contributed by atoms with van der Waals surface area (Å²) in [6.07, 6.45) is 0.331. The van der Waals surface area contributed by atoms with Gasteiger partial charge in [0, 0.05) is 10.9 Å². The third-order valence-electron chi connectivity index (χ3n) is 1.88. The Morgan fingerprint density at radius 3 is 2.79 bits per heavy atom. The highest BCUT2D eigenvalue weighted by Crippen LogP contribution is 2.21. The van der Waals surface area contributed by atoms with Crippen molar-refractivity contribution in [2.75, 3.05) is 0 Å². The Morgan fingerprint density at radius 2 is 2.29 bits per heavy atom. The monoisotopic (exact) mass is 276 g/mol. The first-order valence-electron chi connectivity index (χ1n) is 4.12. The number of aryl methyl sites for hydroxylation is 1. The van der Waals surface area contributed by atoms with Gasteiger partial charge in [0.2, 0.25) is 0 Å². The first-order valence-corrected chi connectivity index (χ1v) is 5.35. The van der Waals surface area contributed by atoms with Crippen LogP contribution in [0.3, 0.4) is 0 Å². The van der Waals surface area contributed by atoms with E-state index in [1.165, 1.54) is 0 Å². The zero-order valence-electron chi connectivity index (χ0n) is 7.63. The van der Waals surface area contributed by atoms with E-state index in [0.29, 0.717) is 6.42 Å². The molecule has 0 aliphatic carbocycles. The van der Waals surface area contributed by atoms with Gasteiger partial charge in [0.25, 0.3) is 0 Å². The number of benzene rings is 1. The van der Waals surface area contributed by atoms with E-state index in [1.807, 2.05) is 25.1 Å². The van der Waals surface area contributed by atoms with Crippen LogP contribution in [0.15, 0.2) is 22.7 Å². The minimum atomic E-state index is -0.987. The van der Waals surface area contributed by atoms with Crippen molar-refractivity contribution in [3.63, 3.8) is 0 Å². The fraction of sp³-hybridized carbons (Fsp3) is 0.300. The average Bonchev–Trinajstić information content (AvgIpc) is 2.09. The van der Waals surface area contributed by atoms with Gasteiger partial charge in [-0.25, -0.2) is 0 Å². The van der Waals surface area contributed by atoms with Crippen LogP contribution in [0.4, 0.5) is 0 Å². The van der Waals surface area contributed by atoms with Gasteiger partial charge in [-0.15, -0.1) is 11.6 Å². The van der Waals surface area contributed by atoms with Gasteiger partial charge >= 0.3 is 5.97 Å². The Hall–Kier alpha value is -0.540. The van der Waals surface area contributed by atoms with Crippen molar-refractivity contribution in [1.82, 2.24) is 0 Å². The summed E-state index contributed by atoms with van der Waals surface area (Å²) in [7, 11) is 0. The third kappa shape index (κ3) is 3.00. The van der Waals surface area contributed by atoms with Crippen molar-refractivity contribution in [3.05, 3.63) is 33.8 Å². The smallest absolute Gasteiger partial charge is 0.321 e. The van der Waals surface area contributed by atoms with Crippen molar-refractivity contribution in [2.45, 2.75) is 18.7 Å². The van der Waals surface area contributed by atoms with Crippen LogP contribution in [0.2, 0.25) is 0 Å². The van der Waals surface area contributed by atoms with Crippen molar-refractivity contribution in [1.29, 1.82) is 0 Å². The van der Waals surface area contributed by atoms with E-state index in [4.69, 9.17) is 16.7 Å². The van der Waals surface area contributed by atoms with Gasteiger partial charge in [0.15, 0.2) is 0 Å². The SMILES string of the molecule is Cc1ccc(CC(Cl)C(=O)O)c(Br)c1. The van der Waals surface area contributed by atoms with Crippen molar-refractivity contribution < 1.29 is 9.90 Å². The maximum atomic E-state index is 10.5. The molecule has 1 rings (SSSR count). The zero-order valence-corrected chi connectivity index (χ0v) is 9.97. The summed E-state index contributed by atoms with van der Waals surface area (Å²) in [5, 5.41) is 7.77. The molecule has 2 nitrogen and oxygen atoms in total. The molecule has 1 aromatic rings. The topological polar surface area (TPSA) is 37.3 Å². The largest absolute Gasteiger partial charge is 0.480 e. The molecule has 0 bridgehead atoms. The summed E-state index contributed by atoms with van der Waals surface area (Å²) in [4.78, 5) is 10.5. The summed E-state index contributed by atoms with van der Waals surface area (Å²) in [5.74, 6) is -0.987. The normalized spacial score (nSPS) is 12.5. The summed E-state index contributed by atoms with van der Waals surface area (Å²) in [6, 6.07) is 5.77. The van der Waals surface area contributed by atoms with Gasteiger partial charge in [-0.2, -0.15) is 0 Å². The number of carbonyl (C=O) groups is 1. The second-order valence-corrected chi connectivity index (χ2v) is 4.49. The number of rotatable bonds is 3. The Bertz CT molecular complexity index is 352. The number of halogens is 2. The molecule has 1 aromatic carbocycles. The van der Waals surface area contributed by atoms with Crippen LogP contribution in [0.25, 0.3) is 0 Å². The number of hydrogen-bond donors (Lipinski definition) is 1. The number of carboxylic acid groups (broad SMARTS) is 1. The molecular weight excluding hydrogens is 267 g/mol. The van der Waals surface area contributed by atoms with E-state index in [0.717, 1.165) is 15.6 Å². The van der Waals surface area contributed by atoms with Crippen LogP contribution < -0.4 is 0 Å². The lowest BCUT2D eigenvalue weighted by Gasteiger charge is -2.07. The maximum absolute atomic E-state index is 10.5. The molecule has 0 spiro atoms. The van der Waals surface area contributed by atoms with E-state index < -0.39 is 11.3 Å². The minimum absolute atomic E-state index is 0.331. The zero-order chi connectivity index (χ0) is 10.7. The molecular formula is C10H10BrClO2. The highest BCUT2D eigenvalue weighted by molar-refractivity contribution is 9.10. The molecule has 0 saturated heterocycles. The van der Waals surface area contributed by atoms with Gasteiger partial charge in [-0.1, -0.05) is 28.1 Å². The number of alkyl halides is 1. The van der Waals surface area contributed by atoms with Crippen LogP contribution in [0, 0.1) is 6.92 Å². The second kappa shape index (κ2) is 4.80. The van der Waals surface area contributed by atoms with Crippen LogP contribution in [-0.4, -0.2) is 16.5 Å². The van der Waals surface area contributed by atoms with Crippen LogP contribution in [-0.2, 0) is 11.2 Å². The molecule has 0 aliphatic rings. The molecule has 0 heterocycles. The van der Waals surface area contributed by atoms with Crippen LogP contribution in [0.1, 0.15) is 11.1 Å². The molecule has 0 radical (unpaired) electrons. The number of carboxylic acids is 1. The average molecular weight is 278 g/mol. The van der Waals surface area contributed by atoms with Gasteiger partial charge in [-0.3, -0.25) is 4.79 Å². The first kappa shape index (κ1) is 11.5. The predicted molar refractivity (Wildman–Crippen MR) is 59.9 cm³/mol. The highest BCUT2D eigenvalue weighted by atomic mass is 79.9. The Morgan fingerprint density at radius 1 is 1.64 bits per heavy atom. The molecule has 0 amide bonds. The van der Waals surface area contributed by atoms with Gasteiger partial charge in [-0.05, 0) is 24.1 Å². The Kier molecular flexibility index (Phi) is 3.96. The number of hydrogen-bond acceptors (Lipinski definition) is 1. The molecule has 4 heteroatoms. The van der Waals surface area contributed by atoms with Crippen LogP contribution >= 0.6 is 27.5 Å². The molecule has 1 unspecified atom stereocenters. The van der Waals surface area contributed by atoms with Crippen LogP contribution in [0.5, 0.6) is 0 Å². The lowest BCUT2D eigenvalue weighted by molar-refractivity contribution is -0.136. The summed E-state index contributed by atoms with van der Waals surface area (Å²) < 4.78 is 0.907. The van der Waals surface area contributed by atoms with E-state index in [9.17, 15) is 4.79 Å². The summed E-state index contributed by atoms with van der Waals surface area (Å²) in [5.41, 5.74) is 2.04. The number of aliphatic carboxylic acids is 1. The quantitative estimate of drug-likeness (QED) is 0.863. The lowest BCUT2D eigenvalue weighted by Crippen LogP contribution is -2.16. The molecule has 0 aliphatic heterocycles. The van der Waals surface area contributed by atoms with Crippen molar-refractivity contribution in [3.8, 4) is 0 Å². The standard InChI is InChI=1S/C10H10BrClO2/c1-6-2-3-7(8(11)4-6)5-9(12)10(13)14/h2-4,9H,5H2,1H3,(H,13,14). The van der Waals surface area contributed by atoms with E-state index in [1.54, 1.807) is 0 Å². The molecule has 1 N–H and O–H groups in total. The van der Waals surface area contributed by atoms with Crippen molar-refractivity contribution >= 4 is 33.5 Å². The first-order chi connectivity index (χ1) is 6.50. The van der Waals surface area contributed by atoms with E-state index in [-0.39, 0.29) is 0 Å². The lowest BCUT2D eigenvalue weighted by atomic mass is 10.1. The molecule has 1 atom stereocenters. The predicted octanol–water partition coefficient (Wildman–Crippen LogP) is 2.99. The van der Waals surface area contributed by atoms with Gasteiger partial charge in [0.1, 0.15) is 5.38 Å². The highest BCUT2D eigenvalue weighted by Gasteiger charge is 2.15. The third-order valence-corrected chi connectivity index (χ3v) is 2.95. The van der Waals surface area contributed by atoms with E-state index >= 15 is 0 Å². The fourth-order valence-corrected chi connectivity index (χ4v) is 1.92. The maximum Gasteiger partial charge on any atom is 0.321 e. The van der Waals surface area contributed by atoms with Gasteiger partial charge < -0.3 is 5.11 Å². The van der Waals surface area contributed by atoms with Crippen molar-refractivity contribution in [2.24, 2.45) is 0 Å². The minimum Gasteiger partial charge on any atom is -0.480 e. The molecule has 0 saturated carbocycles. The fourth-order valence-electron chi connectivity index (χ4n) is 1.10. The molecule has 14 heavy (non-hydrogen) atoms. The summed E-state index contributed by atoms with van der Waals surface area (Å²) in [6.45, 7) is 1.98. The Labute approximate surface area is 96.0 Å². The van der Waals surface area contributed by atoms with E-state index in [2.05, 4.69) is 15.9 Å². The Balaban J connectivity index is 2.82. The molecule has 76 valence electrons. The molecule has 0 aromatic heterocycles. The van der Waals surface area contributed by atoms with Gasteiger partial charge in [0.05, 0.1) is 0 Å². The molecule has 0 fully saturated rings. The summed E-state index contributed by atoms with van der Waals surface area (Å²) >= 11 is 9.01. The second-order valence-electron chi connectivity index (χ2n) is 3.10.